The fourth-order valence-electron chi connectivity index (χ4n) is 3.66. The van der Waals surface area contributed by atoms with Crippen molar-refractivity contribution in [1.29, 1.82) is 0 Å². The van der Waals surface area contributed by atoms with Crippen LogP contribution in [0.4, 0.5) is 0 Å². The molecule has 0 aromatic heterocycles. The smallest absolute Gasteiger partial charge is 0.0207 e. The average molecular weight is 324 g/mol. The topological polar surface area (TPSA) is 26.0 Å². The van der Waals surface area contributed by atoms with E-state index in [4.69, 9.17) is 5.73 Å². The molecule has 0 spiro atoms. The summed E-state index contributed by atoms with van der Waals surface area (Å²) in [5, 5.41) is 0. The maximum absolute atomic E-state index is 6.44. The first kappa shape index (κ1) is 15.1. The Labute approximate surface area is 126 Å². The van der Waals surface area contributed by atoms with Crippen molar-refractivity contribution in [2.75, 3.05) is 0 Å². The van der Waals surface area contributed by atoms with Gasteiger partial charge in [-0.05, 0) is 48.1 Å². The molecule has 0 heterocycles. The summed E-state index contributed by atoms with van der Waals surface area (Å²) in [6, 6.07) is 8.92. The van der Waals surface area contributed by atoms with E-state index >= 15 is 0 Å². The monoisotopic (exact) mass is 323 g/mol. The summed E-state index contributed by atoms with van der Waals surface area (Å²) in [7, 11) is 0. The van der Waals surface area contributed by atoms with Gasteiger partial charge >= 0.3 is 0 Å². The normalized spacial score (nSPS) is 28.4. The van der Waals surface area contributed by atoms with E-state index in [1.807, 2.05) is 0 Å². The lowest BCUT2D eigenvalue weighted by atomic mass is 9.64. The van der Waals surface area contributed by atoms with Gasteiger partial charge in [0.05, 0.1) is 0 Å². The predicted octanol–water partition coefficient (Wildman–Crippen LogP) is 4.78. The molecule has 3 atom stereocenters. The molecule has 0 aliphatic heterocycles. The average Bonchev–Trinajstić information content (AvgIpc) is 2.31. The van der Waals surface area contributed by atoms with Crippen LogP contribution in [0.2, 0.25) is 0 Å². The fraction of sp³-hybridized carbons (Fsp3) is 0.647. The Morgan fingerprint density at radius 1 is 1.26 bits per heavy atom. The quantitative estimate of drug-likeness (QED) is 0.850. The third kappa shape index (κ3) is 3.61. The summed E-state index contributed by atoms with van der Waals surface area (Å²) in [5.74, 6) is 1.43. The summed E-state index contributed by atoms with van der Waals surface area (Å²) in [4.78, 5) is 0. The third-order valence-corrected chi connectivity index (χ3v) is 5.54. The van der Waals surface area contributed by atoms with Gasteiger partial charge in [0.15, 0.2) is 0 Å². The molecule has 3 unspecified atom stereocenters. The van der Waals surface area contributed by atoms with E-state index < -0.39 is 0 Å². The van der Waals surface area contributed by atoms with Crippen LogP contribution in [0, 0.1) is 17.3 Å². The van der Waals surface area contributed by atoms with E-state index in [1.165, 1.54) is 29.3 Å². The minimum Gasteiger partial charge on any atom is -0.327 e. The molecule has 19 heavy (non-hydrogen) atoms. The zero-order chi connectivity index (χ0) is 14.0. The van der Waals surface area contributed by atoms with Crippen LogP contribution >= 0.6 is 15.9 Å². The third-order valence-electron chi connectivity index (χ3n) is 4.77. The highest BCUT2D eigenvalue weighted by Gasteiger charge is 2.37. The van der Waals surface area contributed by atoms with Gasteiger partial charge in [-0.15, -0.1) is 0 Å². The Bertz CT molecular complexity index is 427. The van der Waals surface area contributed by atoms with Gasteiger partial charge in [0.25, 0.3) is 0 Å². The van der Waals surface area contributed by atoms with Crippen LogP contribution in [0.15, 0.2) is 28.7 Å². The molecule has 1 aromatic rings. The summed E-state index contributed by atoms with van der Waals surface area (Å²) in [6.45, 7) is 7.09. The molecule has 2 heteroatoms. The minimum absolute atomic E-state index is 0.267. The number of benzene rings is 1. The highest BCUT2D eigenvalue weighted by Crippen LogP contribution is 2.42. The summed E-state index contributed by atoms with van der Waals surface area (Å²) in [5.41, 5.74) is 8.10. The number of rotatable bonds is 3. The predicted molar refractivity (Wildman–Crippen MR) is 86.1 cm³/mol. The number of hydrogen-bond acceptors (Lipinski definition) is 1. The van der Waals surface area contributed by atoms with E-state index in [-0.39, 0.29) is 5.41 Å². The van der Waals surface area contributed by atoms with Crippen molar-refractivity contribution in [3.8, 4) is 0 Å². The molecule has 106 valence electrons. The van der Waals surface area contributed by atoms with Gasteiger partial charge in [-0.2, -0.15) is 0 Å². The molecular weight excluding hydrogens is 298 g/mol. The molecule has 1 saturated carbocycles. The number of nitrogens with two attached hydrogens (primary N) is 1. The van der Waals surface area contributed by atoms with E-state index in [0.29, 0.717) is 12.0 Å². The van der Waals surface area contributed by atoms with Gasteiger partial charge in [-0.25, -0.2) is 0 Å². The second kappa shape index (κ2) is 5.97. The van der Waals surface area contributed by atoms with Crippen LogP contribution in [-0.4, -0.2) is 6.04 Å². The molecule has 0 bridgehead atoms. The molecule has 1 aromatic carbocycles. The van der Waals surface area contributed by atoms with Crippen LogP contribution < -0.4 is 5.73 Å². The zero-order valence-electron chi connectivity index (χ0n) is 12.3. The largest absolute Gasteiger partial charge is 0.327 e. The minimum atomic E-state index is 0.267. The highest BCUT2D eigenvalue weighted by molar-refractivity contribution is 9.10. The van der Waals surface area contributed by atoms with E-state index in [1.54, 1.807) is 0 Å². The SMILES string of the molecule is CC1CCC(C(C)(C)Cc2ccccc2Br)C(N)C1. The molecule has 1 fully saturated rings. The lowest BCUT2D eigenvalue weighted by molar-refractivity contribution is 0.113. The number of halogens is 1. The molecule has 2 N–H and O–H groups in total. The van der Waals surface area contributed by atoms with Crippen molar-refractivity contribution < 1.29 is 0 Å². The van der Waals surface area contributed by atoms with Gasteiger partial charge in [0, 0.05) is 10.5 Å². The van der Waals surface area contributed by atoms with Gasteiger partial charge in [-0.3, -0.25) is 0 Å². The van der Waals surface area contributed by atoms with Gasteiger partial charge in [-0.1, -0.05) is 61.3 Å². The van der Waals surface area contributed by atoms with Crippen LogP contribution in [0.1, 0.15) is 45.6 Å². The van der Waals surface area contributed by atoms with Crippen LogP contribution in [0.25, 0.3) is 0 Å². The Morgan fingerprint density at radius 2 is 1.95 bits per heavy atom. The van der Waals surface area contributed by atoms with E-state index in [9.17, 15) is 0 Å². The van der Waals surface area contributed by atoms with Crippen LogP contribution in [0.5, 0.6) is 0 Å². The molecular formula is C17H26BrN. The first-order valence-corrected chi connectivity index (χ1v) is 8.18. The molecule has 1 nitrogen and oxygen atoms in total. The Balaban J connectivity index is 2.12. The molecule has 0 saturated heterocycles. The Morgan fingerprint density at radius 3 is 2.58 bits per heavy atom. The van der Waals surface area contributed by atoms with Crippen molar-refractivity contribution >= 4 is 15.9 Å². The lowest BCUT2D eigenvalue weighted by Gasteiger charge is -2.43. The zero-order valence-corrected chi connectivity index (χ0v) is 13.9. The van der Waals surface area contributed by atoms with Crippen molar-refractivity contribution in [2.24, 2.45) is 23.0 Å². The Hall–Kier alpha value is -0.340. The van der Waals surface area contributed by atoms with Gasteiger partial charge < -0.3 is 5.73 Å². The van der Waals surface area contributed by atoms with Crippen molar-refractivity contribution in [2.45, 2.75) is 52.5 Å². The maximum atomic E-state index is 6.44. The fourth-order valence-corrected chi connectivity index (χ4v) is 4.08. The summed E-state index contributed by atoms with van der Waals surface area (Å²) >= 11 is 3.67. The van der Waals surface area contributed by atoms with Crippen LogP contribution in [0.3, 0.4) is 0 Å². The summed E-state index contributed by atoms with van der Waals surface area (Å²) < 4.78 is 1.22. The Kier molecular flexibility index (Phi) is 4.73. The second-order valence-corrected chi connectivity index (χ2v) is 7.80. The standard InChI is InChI=1S/C17H26BrN/c1-12-8-9-14(16(19)10-12)17(2,3)11-13-6-4-5-7-15(13)18/h4-7,12,14,16H,8-11,19H2,1-3H3. The molecule has 2 rings (SSSR count). The first-order valence-electron chi connectivity index (χ1n) is 7.39. The van der Waals surface area contributed by atoms with Crippen molar-refractivity contribution in [3.63, 3.8) is 0 Å². The highest BCUT2D eigenvalue weighted by atomic mass is 79.9. The molecule has 1 aliphatic carbocycles. The summed E-state index contributed by atoms with van der Waals surface area (Å²) in [6.07, 6.45) is 4.89. The van der Waals surface area contributed by atoms with Gasteiger partial charge in [0.1, 0.15) is 0 Å². The van der Waals surface area contributed by atoms with Gasteiger partial charge in [0.2, 0.25) is 0 Å². The van der Waals surface area contributed by atoms with Crippen LogP contribution in [-0.2, 0) is 6.42 Å². The number of hydrogen-bond donors (Lipinski definition) is 1. The molecule has 0 radical (unpaired) electrons. The molecule has 0 amide bonds. The van der Waals surface area contributed by atoms with E-state index in [0.717, 1.165) is 12.3 Å². The maximum Gasteiger partial charge on any atom is 0.0207 e. The second-order valence-electron chi connectivity index (χ2n) is 6.95. The first-order chi connectivity index (χ1) is 8.90. The lowest BCUT2D eigenvalue weighted by Crippen LogP contribution is -2.44. The van der Waals surface area contributed by atoms with E-state index in [2.05, 4.69) is 61.0 Å². The van der Waals surface area contributed by atoms with Crippen molar-refractivity contribution in [1.82, 2.24) is 0 Å². The molecule has 1 aliphatic rings. The van der Waals surface area contributed by atoms with Crippen molar-refractivity contribution in [3.05, 3.63) is 34.3 Å².